The number of aromatic nitrogens is 1. The first kappa shape index (κ1) is 14.6. The molecule has 6 nitrogen and oxygen atoms in total. The number of nitrogens with two attached hydrogens (primary N) is 1. The molecule has 0 bridgehead atoms. The Morgan fingerprint density at radius 1 is 1.60 bits per heavy atom. The molecule has 1 aliphatic rings. The van der Waals surface area contributed by atoms with Crippen LogP contribution in [0.25, 0.3) is 0 Å². The van der Waals surface area contributed by atoms with Gasteiger partial charge in [0, 0.05) is 18.6 Å². The molecule has 110 valence electrons. The molecule has 2 unspecified atom stereocenters. The van der Waals surface area contributed by atoms with E-state index in [1.165, 1.54) is 7.11 Å². The molecule has 0 spiro atoms. The van der Waals surface area contributed by atoms with Crippen molar-refractivity contribution in [3.05, 3.63) is 17.8 Å². The second-order valence-corrected chi connectivity index (χ2v) is 5.35. The summed E-state index contributed by atoms with van der Waals surface area (Å²) in [5, 5.41) is 3.35. The van der Waals surface area contributed by atoms with Gasteiger partial charge in [0.15, 0.2) is 0 Å². The lowest BCUT2D eigenvalue weighted by Crippen LogP contribution is -2.42. The maximum absolute atomic E-state index is 11.8. The Balaban J connectivity index is 2.15. The van der Waals surface area contributed by atoms with Crippen molar-refractivity contribution >= 4 is 17.5 Å². The number of nitrogens with zero attached hydrogens (tertiary/aromatic N) is 2. The van der Waals surface area contributed by atoms with Gasteiger partial charge in [-0.25, -0.2) is 9.78 Å². The Labute approximate surface area is 119 Å². The number of nitrogens with one attached hydrogen (secondary N) is 1. The van der Waals surface area contributed by atoms with Crippen LogP contribution in [-0.4, -0.2) is 48.6 Å². The van der Waals surface area contributed by atoms with Crippen molar-refractivity contribution in [1.29, 1.82) is 0 Å². The van der Waals surface area contributed by atoms with E-state index in [0.717, 1.165) is 19.4 Å². The van der Waals surface area contributed by atoms with Crippen LogP contribution in [-0.2, 0) is 4.74 Å². The van der Waals surface area contributed by atoms with E-state index in [9.17, 15) is 4.79 Å². The van der Waals surface area contributed by atoms with Crippen molar-refractivity contribution in [2.75, 3.05) is 31.8 Å². The number of methoxy groups -OCH3 is 1. The van der Waals surface area contributed by atoms with E-state index in [2.05, 4.69) is 29.2 Å². The first-order valence-corrected chi connectivity index (χ1v) is 6.82. The Morgan fingerprint density at radius 2 is 2.35 bits per heavy atom. The highest BCUT2D eigenvalue weighted by molar-refractivity contribution is 5.95. The molecule has 1 saturated heterocycles. The molecule has 1 aliphatic heterocycles. The first-order valence-electron chi connectivity index (χ1n) is 6.82. The average Bonchev–Trinajstić information content (AvgIpc) is 2.44. The van der Waals surface area contributed by atoms with Crippen LogP contribution < -0.4 is 11.1 Å². The molecule has 6 heteroatoms. The highest BCUT2D eigenvalue weighted by Crippen LogP contribution is 2.22. The van der Waals surface area contributed by atoms with Crippen molar-refractivity contribution in [2.45, 2.75) is 31.8 Å². The van der Waals surface area contributed by atoms with Crippen LogP contribution in [0.1, 0.15) is 30.1 Å². The van der Waals surface area contributed by atoms with E-state index >= 15 is 0 Å². The molecule has 0 aliphatic carbocycles. The highest BCUT2D eigenvalue weighted by Gasteiger charge is 2.24. The van der Waals surface area contributed by atoms with E-state index in [-0.39, 0.29) is 0 Å². The van der Waals surface area contributed by atoms with E-state index in [0.29, 0.717) is 29.2 Å². The predicted octanol–water partition coefficient (Wildman–Crippen LogP) is 1.34. The van der Waals surface area contributed by atoms with Crippen LogP contribution in [0.5, 0.6) is 0 Å². The van der Waals surface area contributed by atoms with Crippen molar-refractivity contribution < 1.29 is 9.53 Å². The largest absolute Gasteiger partial charge is 0.465 e. The Hall–Kier alpha value is -1.82. The quantitative estimate of drug-likeness (QED) is 0.812. The summed E-state index contributed by atoms with van der Waals surface area (Å²) in [6.45, 7) is 3.23. The third-order valence-corrected chi connectivity index (χ3v) is 3.86. The van der Waals surface area contributed by atoms with E-state index < -0.39 is 5.97 Å². The van der Waals surface area contributed by atoms with Gasteiger partial charge in [0.1, 0.15) is 11.4 Å². The van der Waals surface area contributed by atoms with E-state index in [1.807, 2.05) is 0 Å². The molecule has 1 fully saturated rings. The fraction of sp³-hybridized carbons (Fsp3) is 0.571. The molecule has 0 amide bonds. The average molecular weight is 278 g/mol. The third kappa shape index (κ3) is 3.19. The molecule has 0 aromatic carbocycles. The van der Waals surface area contributed by atoms with Crippen LogP contribution >= 0.6 is 0 Å². The van der Waals surface area contributed by atoms with Gasteiger partial charge in [0.25, 0.3) is 0 Å². The molecular weight excluding hydrogens is 256 g/mol. The summed E-state index contributed by atoms with van der Waals surface area (Å²) in [4.78, 5) is 18.3. The number of nitrogen functional groups attached to an aromatic ring is 1. The number of hydrogen-bond donors (Lipinski definition) is 2. The van der Waals surface area contributed by atoms with Crippen molar-refractivity contribution in [2.24, 2.45) is 0 Å². The predicted molar refractivity (Wildman–Crippen MR) is 78.7 cm³/mol. The van der Waals surface area contributed by atoms with Gasteiger partial charge in [-0.3, -0.25) is 0 Å². The lowest BCUT2D eigenvalue weighted by Gasteiger charge is -2.35. The first-order chi connectivity index (χ1) is 9.51. The number of pyridine rings is 1. The molecule has 1 aromatic rings. The minimum atomic E-state index is -0.423. The molecule has 2 rings (SSSR count). The Bertz CT molecular complexity index is 492. The van der Waals surface area contributed by atoms with Gasteiger partial charge >= 0.3 is 5.97 Å². The van der Waals surface area contributed by atoms with Gasteiger partial charge in [-0.15, -0.1) is 0 Å². The van der Waals surface area contributed by atoms with Gasteiger partial charge in [-0.1, -0.05) is 0 Å². The van der Waals surface area contributed by atoms with Crippen LogP contribution in [0, 0.1) is 0 Å². The number of carbonyl (C=O) groups is 1. The molecule has 0 radical (unpaired) electrons. The topological polar surface area (TPSA) is 80.5 Å². The highest BCUT2D eigenvalue weighted by atomic mass is 16.5. The Kier molecular flexibility index (Phi) is 4.44. The maximum Gasteiger partial charge on any atom is 0.341 e. The molecule has 2 atom stereocenters. The smallest absolute Gasteiger partial charge is 0.341 e. The lowest BCUT2D eigenvalue weighted by molar-refractivity contribution is 0.0601. The van der Waals surface area contributed by atoms with Gasteiger partial charge in [0.05, 0.1) is 19.0 Å². The number of ether oxygens (including phenoxy) is 1. The summed E-state index contributed by atoms with van der Waals surface area (Å²) in [6.07, 6.45) is 3.59. The van der Waals surface area contributed by atoms with E-state index in [1.54, 1.807) is 12.3 Å². The summed E-state index contributed by atoms with van der Waals surface area (Å²) in [5.74, 6) is 0.126. The maximum atomic E-state index is 11.8. The van der Waals surface area contributed by atoms with Crippen molar-refractivity contribution in [3.63, 3.8) is 0 Å². The van der Waals surface area contributed by atoms with Crippen LogP contribution in [0.2, 0.25) is 0 Å². The van der Waals surface area contributed by atoms with Crippen molar-refractivity contribution in [3.8, 4) is 0 Å². The summed E-state index contributed by atoms with van der Waals surface area (Å²) < 4.78 is 4.78. The zero-order valence-electron chi connectivity index (χ0n) is 12.2. The Morgan fingerprint density at radius 3 is 3.00 bits per heavy atom. The standard InChI is InChI=1S/C14H22N4O2/c1-9-6-11(4-5-18(9)2)17-13-12(14(19)20-3)7-10(15)8-16-13/h7-9,11H,4-6,15H2,1-3H3,(H,16,17). The second kappa shape index (κ2) is 6.09. The zero-order valence-corrected chi connectivity index (χ0v) is 12.2. The van der Waals surface area contributed by atoms with Crippen LogP contribution in [0.4, 0.5) is 11.5 Å². The van der Waals surface area contributed by atoms with Gasteiger partial charge in [-0.2, -0.15) is 0 Å². The number of carbonyl (C=O) groups excluding carboxylic acids is 1. The third-order valence-electron chi connectivity index (χ3n) is 3.86. The zero-order chi connectivity index (χ0) is 14.7. The monoisotopic (exact) mass is 278 g/mol. The second-order valence-electron chi connectivity index (χ2n) is 5.35. The van der Waals surface area contributed by atoms with Gasteiger partial charge in [-0.05, 0) is 32.9 Å². The molecule has 3 N–H and O–H groups in total. The van der Waals surface area contributed by atoms with Gasteiger partial charge < -0.3 is 20.7 Å². The summed E-state index contributed by atoms with van der Waals surface area (Å²) in [5.41, 5.74) is 6.53. The number of hydrogen-bond acceptors (Lipinski definition) is 6. The summed E-state index contributed by atoms with van der Waals surface area (Å²) in [6, 6.07) is 2.41. The molecule has 20 heavy (non-hydrogen) atoms. The minimum Gasteiger partial charge on any atom is -0.465 e. The fourth-order valence-corrected chi connectivity index (χ4v) is 2.48. The van der Waals surface area contributed by atoms with Crippen molar-refractivity contribution in [1.82, 2.24) is 9.88 Å². The minimum absolute atomic E-state index is 0.306. The fourth-order valence-electron chi connectivity index (χ4n) is 2.48. The van der Waals surface area contributed by atoms with Crippen LogP contribution in [0.3, 0.4) is 0 Å². The molecular formula is C14H22N4O2. The summed E-state index contributed by atoms with van der Waals surface area (Å²) >= 11 is 0. The molecule has 2 heterocycles. The number of likely N-dealkylation sites (tertiary alicyclic amines) is 1. The number of anilines is 2. The summed E-state index contributed by atoms with van der Waals surface area (Å²) in [7, 11) is 3.48. The number of esters is 1. The molecule has 0 saturated carbocycles. The number of piperidine rings is 1. The van der Waals surface area contributed by atoms with E-state index in [4.69, 9.17) is 10.5 Å². The van der Waals surface area contributed by atoms with Crippen LogP contribution in [0.15, 0.2) is 12.3 Å². The molecule has 1 aromatic heterocycles. The number of rotatable bonds is 3. The van der Waals surface area contributed by atoms with Gasteiger partial charge in [0.2, 0.25) is 0 Å². The normalized spacial score (nSPS) is 23.4. The lowest BCUT2D eigenvalue weighted by atomic mass is 9.99. The SMILES string of the molecule is COC(=O)c1cc(N)cnc1NC1CCN(C)C(C)C1.